The average Bonchev–Trinajstić information content (AvgIpc) is 3.24. The summed E-state index contributed by atoms with van der Waals surface area (Å²) in [4.78, 5) is 28.4. The molecule has 2 heterocycles. The third-order valence-electron chi connectivity index (χ3n) is 4.75. The second-order valence-electron chi connectivity index (χ2n) is 6.81. The first-order valence-corrected chi connectivity index (χ1v) is 10.6. The molecule has 150 valence electrons. The van der Waals surface area contributed by atoms with Crippen molar-refractivity contribution in [2.24, 2.45) is 0 Å². The van der Waals surface area contributed by atoms with Gasteiger partial charge in [-0.15, -0.1) is 11.3 Å². The summed E-state index contributed by atoms with van der Waals surface area (Å²) in [6.45, 7) is 5.41. The Kier molecular flexibility index (Phi) is 6.92. The van der Waals surface area contributed by atoms with Gasteiger partial charge in [-0.25, -0.2) is 0 Å². The molecular formula is C21H27N3O3S. The second-order valence-corrected chi connectivity index (χ2v) is 7.85. The lowest BCUT2D eigenvalue weighted by molar-refractivity contribution is -0.128. The van der Waals surface area contributed by atoms with Crippen LogP contribution in [0.3, 0.4) is 0 Å². The van der Waals surface area contributed by atoms with Crippen molar-refractivity contribution in [2.45, 2.75) is 38.8 Å². The number of benzene rings is 1. The van der Waals surface area contributed by atoms with Crippen LogP contribution >= 0.6 is 11.3 Å². The van der Waals surface area contributed by atoms with E-state index >= 15 is 0 Å². The molecule has 0 radical (unpaired) electrons. The number of thiophene rings is 1. The van der Waals surface area contributed by atoms with E-state index in [1.54, 1.807) is 11.3 Å². The number of rotatable bonds is 8. The average molecular weight is 402 g/mol. The minimum absolute atomic E-state index is 0.0547. The number of hydrogen-bond acceptors (Lipinski definition) is 5. The first-order chi connectivity index (χ1) is 13.6. The van der Waals surface area contributed by atoms with Crippen molar-refractivity contribution in [1.29, 1.82) is 0 Å². The first-order valence-electron chi connectivity index (χ1n) is 9.70. The molecule has 6 nitrogen and oxygen atoms in total. The van der Waals surface area contributed by atoms with Gasteiger partial charge < -0.3 is 20.3 Å². The van der Waals surface area contributed by atoms with Crippen LogP contribution < -0.4 is 20.3 Å². The smallest absolute Gasteiger partial charge is 0.262 e. The summed E-state index contributed by atoms with van der Waals surface area (Å²) in [5, 5.41) is 7.93. The number of anilines is 1. The number of fused-ring (bicyclic) bond motifs is 1. The summed E-state index contributed by atoms with van der Waals surface area (Å²) in [5.41, 5.74) is 0.836. The zero-order chi connectivity index (χ0) is 19.9. The van der Waals surface area contributed by atoms with Crippen molar-refractivity contribution < 1.29 is 14.3 Å². The van der Waals surface area contributed by atoms with E-state index in [-0.39, 0.29) is 11.8 Å². The molecule has 1 aliphatic rings. The Morgan fingerprint density at radius 1 is 1.21 bits per heavy atom. The number of ether oxygens (including phenoxy) is 1. The number of carbonyl (C=O) groups excluding carboxylic acids is 2. The molecule has 0 unspecified atom stereocenters. The van der Waals surface area contributed by atoms with Crippen LogP contribution in [0, 0.1) is 0 Å². The number of amides is 2. The van der Waals surface area contributed by atoms with Crippen LogP contribution in [0.4, 0.5) is 5.69 Å². The molecule has 0 aliphatic carbocycles. The summed E-state index contributed by atoms with van der Waals surface area (Å²) in [6, 6.07) is 11.2. The van der Waals surface area contributed by atoms with Gasteiger partial charge in [0.2, 0.25) is 5.91 Å². The van der Waals surface area contributed by atoms with Gasteiger partial charge in [0.15, 0.2) is 6.10 Å². The van der Waals surface area contributed by atoms with E-state index in [2.05, 4.69) is 16.7 Å². The molecule has 2 N–H and O–H groups in total. The third kappa shape index (κ3) is 4.84. The minimum Gasteiger partial charge on any atom is -0.477 e. The lowest BCUT2D eigenvalue weighted by Crippen LogP contribution is -2.55. The number of nitrogens with zero attached hydrogens (tertiary/aromatic N) is 1. The van der Waals surface area contributed by atoms with Gasteiger partial charge >= 0.3 is 0 Å². The minimum atomic E-state index is -0.636. The second kappa shape index (κ2) is 9.59. The standard InChI is InChI=1S/C21H27N3O3S/c1-3-11-22-21(26)19-14-24(17-8-4-5-9-18(17)27-19)15(2)20(25)23-12-10-16-7-6-13-28-16/h4-9,13,15,19H,3,10-12,14H2,1-2H3,(H,22,26)(H,23,25)/t15-,19+/m0/s1. The molecule has 1 aliphatic heterocycles. The zero-order valence-electron chi connectivity index (χ0n) is 16.3. The van der Waals surface area contributed by atoms with E-state index < -0.39 is 12.1 Å². The van der Waals surface area contributed by atoms with Gasteiger partial charge in [-0.05, 0) is 43.3 Å². The highest BCUT2D eigenvalue weighted by Crippen LogP contribution is 2.34. The summed E-state index contributed by atoms with van der Waals surface area (Å²) in [6.07, 6.45) is 1.04. The van der Waals surface area contributed by atoms with Crippen molar-refractivity contribution >= 4 is 28.8 Å². The van der Waals surface area contributed by atoms with Gasteiger partial charge in [-0.3, -0.25) is 9.59 Å². The molecule has 28 heavy (non-hydrogen) atoms. The first kappa shape index (κ1) is 20.2. The van der Waals surface area contributed by atoms with E-state index in [0.717, 1.165) is 18.5 Å². The quantitative estimate of drug-likeness (QED) is 0.713. The maximum Gasteiger partial charge on any atom is 0.262 e. The van der Waals surface area contributed by atoms with Crippen LogP contribution in [-0.2, 0) is 16.0 Å². The van der Waals surface area contributed by atoms with Crippen molar-refractivity contribution in [3.8, 4) is 5.75 Å². The zero-order valence-corrected chi connectivity index (χ0v) is 17.1. The monoisotopic (exact) mass is 401 g/mol. The molecule has 0 saturated heterocycles. The van der Waals surface area contributed by atoms with Crippen LogP contribution in [0.25, 0.3) is 0 Å². The van der Waals surface area contributed by atoms with E-state index in [1.165, 1.54) is 4.88 Å². The highest BCUT2D eigenvalue weighted by atomic mass is 32.1. The Bertz CT molecular complexity index is 794. The van der Waals surface area contributed by atoms with Gasteiger partial charge in [0.25, 0.3) is 5.91 Å². The van der Waals surface area contributed by atoms with Crippen LogP contribution in [-0.4, -0.2) is 43.6 Å². The highest BCUT2D eigenvalue weighted by Gasteiger charge is 2.34. The Morgan fingerprint density at radius 2 is 2.04 bits per heavy atom. The van der Waals surface area contributed by atoms with Crippen molar-refractivity contribution in [2.75, 3.05) is 24.5 Å². The normalized spacial score (nSPS) is 16.6. The van der Waals surface area contributed by atoms with Gasteiger partial charge in [0.1, 0.15) is 11.8 Å². The van der Waals surface area contributed by atoms with E-state index in [4.69, 9.17) is 4.74 Å². The Hall–Kier alpha value is -2.54. The molecule has 0 bridgehead atoms. The fraction of sp³-hybridized carbons (Fsp3) is 0.429. The molecule has 0 fully saturated rings. The van der Waals surface area contributed by atoms with Crippen molar-refractivity contribution in [3.05, 3.63) is 46.7 Å². The van der Waals surface area contributed by atoms with E-state index in [9.17, 15) is 9.59 Å². The largest absolute Gasteiger partial charge is 0.477 e. The highest BCUT2D eigenvalue weighted by molar-refractivity contribution is 7.09. The van der Waals surface area contributed by atoms with E-state index in [0.29, 0.717) is 25.4 Å². The number of hydrogen-bond donors (Lipinski definition) is 2. The van der Waals surface area contributed by atoms with Gasteiger partial charge in [-0.2, -0.15) is 0 Å². The molecular weight excluding hydrogens is 374 g/mol. The van der Waals surface area contributed by atoms with Crippen LogP contribution in [0.2, 0.25) is 0 Å². The van der Waals surface area contributed by atoms with Gasteiger partial charge in [-0.1, -0.05) is 25.1 Å². The van der Waals surface area contributed by atoms with Crippen LogP contribution in [0.15, 0.2) is 41.8 Å². The summed E-state index contributed by atoms with van der Waals surface area (Å²) in [5.74, 6) is 0.427. The van der Waals surface area contributed by atoms with Crippen molar-refractivity contribution in [1.82, 2.24) is 10.6 Å². The van der Waals surface area contributed by atoms with Crippen molar-refractivity contribution in [3.63, 3.8) is 0 Å². The fourth-order valence-corrected chi connectivity index (χ4v) is 3.89. The summed E-state index contributed by atoms with van der Waals surface area (Å²) in [7, 11) is 0. The van der Waals surface area contributed by atoms with Gasteiger partial charge in [0, 0.05) is 18.0 Å². The molecule has 0 saturated carbocycles. The van der Waals surface area contributed by atoms with E-state index in [1.807, 2.05) is 54.5 Å². The SMILES string of the molecule is CCCNC(=O)[C@H]1CN([C@@H](C)C(=O)NCCc2cccs2)c2ccccc2O1. The lowest BCUT2D eigenvalue weighted by Gasteiger charge is -2.38. The summed E-state index contributed by atoms with van der Waals surface area (Å²) < 4.78 is 5.90. The Labute approximate surface area is 169 Å². The number of para-hydroxylation sites is 2. The predicted octanol–water partition coefficient (Wildman–Crippen LogP) is 2.59. The van der Waals surface area contributed by atoms with Gasteiger partial charge in [0.05, 0.1) is 12.2 Å². The molecule has 2 amide bonds. The topological polar surface area (TPSA) is 70.7 Å². The summed E-state index contributed by atoms with van der Waals surface area (Å²) >= 11 is 1.69. The van der Waals surface area contributed by atoms with Crippen LogP contribution in [0.5, 0.6) is 5.75 Å². The number of nitrogens with one attached hydrogen (secondary N) is 2. The molecule has 2 aromatic rings. The molecule has 1 aromatic carbocycles. The maximum atomic E-state index is 12.7. The Morgan fingerprint density at radius 3 is 2.79 bits per heavy atom. The lowest BCUT2D eigenvalue weighted by atomic mass is 10.1. The third-order valence-corrected chi connectivity index (χ3v) is 5.68. The fourth-order valence-electron chi connectivity index (χ4n) is 3.18. The molecule has 1 aromatic heterocycles. The molecule has 0 spiro atoms. The molecule has 7 heteroatoms. The van der Waals surface area contributed by atoms with Crippen LogP contribution in [0.1, 0.15) is 25.1 Å². The predicted molar refractivity (Wildman–Crippen MR) is 112 cm³/mol. The Balaban J connectivity index is 1.67. The molecule has 3 rings (SSSR count). The molecule has 2 atom stereocenters. The number of carbonyl (C=O) groups is 2. The maximum absolute atomic E-state index is 12.7.